The molecule has 0 unspecified atom stereocenters. The van der Waals surface area contributed by atoms with Gasteiger partial charge in [-0.3, -0.25) is 0 Å². The van der Waals surface area contributed by atoms with Crippen LogP contribution in [-0.4, -0.2) is 9.78 Å². The molecule has 0 radical (unpaired) electrons. The average Bonchev–Trinajstić information content (AvgIpc) is 2.59. The van der Waals surface area contributed by atoms with Gasteiger partial charge in [0.2, 0.25) is 0 Å². The summed E-state index contributed by atoms with van der Waals surface area (Å²) >= 11 is 12.9. The molecule has 0 spiro atoms. The Kier molecular flexibility index (Phi) is 3.72. The topological polar surface area (TPSA) is 17.8 Å². The summed E-state index contributed by atoms with van der Waals surface area (Å²) in [6, 6.07) is 6.07. The summed E-state index contributed by atoms with van der Waals surface area (Å²) in [5, 5.41) is 5.83. The Morgan fingerprint density at radius 1 is 1.44 bits per heavy atom. The van der Waals surface area contributed by atoms with Crippen LogP contribution in [0.25, 0.3) is 5.69 Å². The normalized spacial score (nSPS) is 10.8. The van der Waals surface area contributed by atoms with Crippen LogP contribution < -0.4 is 0 Å². The van der Waals surface area contributed by atoms with Crippen molar-refractivity contribution < 1.29 is 0 Å². The number of rotatable bonds is 2. The van der Waals surface area contributed by atoms with E-state index in [-0.39, 0.29) is 0 Å². The summed E-state index contributed by atoms with van der Waals surface area (Å²) in [5.74, 6) is 0. The summed E-state index contributed by atoms with van der Waals surface area (Å²) in [5.41, 5.74) is 3.04. The van der Waals surface area contributed by atoms with Crippen LogP contribution in [0, 0.1) is 6.92 Å². The number of nitrogens with zero attached hydrogens (tertiary/aromatic N) is 2. The lowest BCUT2D eigenvalue weighted by atomic mass is 10.2. The van der Waals surface area contributed by atoms with Gasteiger partial charge in [-0.25, -0.2) is 4.68 Å². The van der Waals surface area contributed by atoms with Crippen molar-refractivity contribution >= 4 is 43.5 Å². The third kappa shape index (κ3) is 2.34. The van der Waals surface area contributed by atoms with Gasteiger partial charge in [0.05, 0.1) is 16.4 Å². The van der Waals surface area contributed by atoms with Crippen LogP contribution in [0.1, 0.15) is 11.3 Å². The molecule has 1 heterocycles. The van der Waals surface area contributed by atoms with Crippen molar-refractivity contribution in [3.63, 3.8) is 0 Å². The molecule has 16 heavy (non-hydrogen) atoms. The lowest BCUT2D eigenvalue weighted by molar-refractivity contribution is 0.854. The van der Waals surface area contributed by atoms with Crippen molar-refractivity contribution in [2.75, 3.05) is 0 Å². The molecule has 0 amide bonds. The zero-order valence-corrected chi connectivity index (χ0v) is 12.5. The minimum Gasteiger partial charge on any atom is -0.239 e. The van der Waals surface area contributed by atoms with Crippen LogP contribution in [0.3, 0.4) is 0 Å². The van der Waals surface area contributed by atoms with E-state index in [2.05, 4.69) is 43.0 Å². The van der Waals surface area contributed by atoms with E-state index < -0.39 is 0 Å². The molecule has 0 saturated carbocycles. The first-order chi connectivity index (χ1) is 7.61. The van der Waals surface area contributed by atoms with E-state index in [9.17, 15) is 0 Å². The predicted octanol–water partition coefficient (Wildman–Crippen LogP) is 4.49. The van der Waals surface area contributed by atoms with Crippen molar-refractivity contribution in [3.8, 4) is 5.69 Å². The second-order valence-corrected chi connectivity index (χ2v) is 5.30. The van der Waals surface area contributed by atoms with Crippen LogP contribution in [-0.2, 0) is 5.33 Å². The van der Waals surface area contributed by atoms with Gasteiger partial charge in [0, 0.05) is 16.0 Å². The summed E-state index contributed by atoms with van der Waals surface area (Å²) in [6.45, 7) is 1.89. The molecule has 2 nitrogen and oxygen atoms in total. The lowest BCUT2D eigenvalue weighted by Gasteiger charge is -2.07. The van der Waals surface area contributed by atoms with Gasteiger partial charge in [0.15, 0.2) is 0 Å². The molecule has 0 saturated heterocycles. The van der Waals surface area contributed by atoms with E-state index in [0.29, 0.717) is 5.02 Å². The van der Waals surface area contributed by atoms with E-state index in [4.69, 9.17) is 11.6 Å². The fourth-order valence-corrected chi connectivity index (χ4v) is 2.43. The smallest absolute Gasteiger partial charge is 0.0819 e. The van der Waals surface area contributed by atoms with Gasteiger partial charge >= 0.3 is 0 Å². The van der Waals surface area contributed by atoms with Crippen molar-refractivity contribution in [2.24, 2.45) is 0 Å². The summed E-state index contributed by atoms with van der Waals surface area (Å²) in [6.07, 6.45) is 1.83. The Hall–Kier alpha value is -0.320. The molecule has 2 aromatic rings. The summed E-state index contributed by atoms with van der Waals surface area (Å²) in [4.78, 5) is 0. The molecule has 5 heteroatoms. The largest absolute Gasteiger partial charge is 0.239 e. The molecule has 0 aliphatic carbocycles. The zero-order chi connectivity index (χ0) is 11.7. The third-order valence-electron chi connectivity index (χ3n) is 2.27. The molecule has 0 aliphatic heterocycles. The molecule has 0 atom stereocenters. The quantitative estimate of drug-likeness (QED) is 0.718. The number of hydrogen-bond donors (Lipinski definition) is 0. The van der Waals surface area contributed by atoms with Gasteiger partial charge in [-0.2, -0.15) is 5.10 Å². The molecule has 84 valence electrons. The molecule has 0 fully saturated rings. The standard InChI is InChI=1S/C11H9Br2ClN2/c1-7-10(14)6-16(15-7)11-3-2-9(13)4-8(11)5-12/h2-4,6H,5H2,1H3. The van der Waals surface area contributed by atoms with E-state index in [1.807, 2.05) is 25.3 Å². The van der Waals surface area contributed by atoms with Gasteiger partial charge in [0.1, 0.15) is 0 Å². The summed E-state index contributed by atoms with van der Waals surface area (Å²) < 4.78 is 2.86. The number of aromatic nitrogens is 2. The molecule has 0 aliphatic rings. The van der Waals surface area contributed by atoms with Crippen molar-refractivity contribution in [1.29, 1.82) is 0 Å². The van der Waals surface area contributed by atoms with Crippen LogP contribution in [0.2, 0.25) is 5.02 Å². The first-order valence-corrected chi connectivity index (χ1v) is 6.97. The first kappa shape index (κ1) is 12.1. The molecular formula is C11H9Br2ClN2. The second-order valence-electron chi connectivity index (χ2n) is 3.41. The molecule has 2 rings (SSSR count). The van der Waals surface area contributed by atoms with E-state index in [1.165, 1.54) is 0 Å². The number of halogens is 3. The van der Waals surface area contributed by atoms with Gasteiger partial charge < -0.3 is 0 Å². The van der Waals surface area contributed by atoms with Gasteiger partial charge in [-0.05, 0) is 30.7 Å². The Labute approximate surface area is 116 Å². The van der Waals surface area contributed by atoms with Gasteiger partial charge in [-0.15, -0.1) is 0 Å². The van der Waals surface area contributed by atoms with E-state index in [0.717, 1.165) is 26.7 Å². The lowest BCUT2D eigenvalue weighted by Crippen LogP contribution is -1.99. The number of alkyl halides is 1. The maximum Gasteiger partial charge on any atom is 0.0819 e. The van der Waals surface area contributed by atoms with Crippen LogP contribution >= 0.6 is 43.5 Å². The highest BCUT2D eigenvalue weighted by atomic mass is 79.9. The van der Waals surface area contributed by atoms with Gasteiger partial charge in [0.25, 0.3) is 0 Å². The minimum absolute atomic E-state index is 0.684. The highest BCUT2D eigenvalue weighted by molar-refractivity contribution is 9.10. The fraction of sp³-hybridized carbons (Fsp3) is 0.182. The monoisotopic (exact) mass is 362 g/mol. The molecule has 1 aromatic heterocycles. The maximum atomic E-state index is 6.00. The Bertz CT molecular complexity index is 503. The van der Waals surface area contributed by atoms with Crippen LogP contribution in [0.5, 0.6) is 0 Å². The summed E-state index contributed by atoms with van der Waals surface area (Å²) in [7, 11) is 0. The molecule has 0 bridgehead atoms. The zero-order valence-electron chi connectivity index (χ0n) is 8.54. The minimum atomic E-state index is 0.684. The highest BCUT2D eigenvalue weighted by Crippen LogP contribution is 2.24. The van der Waals surface area contributed by atoms with Crippen molar-refractivity contribution in [2.45, 2.75) is 12.3 Å². The van der Waals surface area contributed by atoms with Crippen molar-refractivity contribution in [3.05, 3.63) is 45.1 Å². The number of hydrogen-bond acceptors (Lipinski definition) is 1. The SMILES string of the molecule is Cc1nn(-c2ccc(Br)cc2CBr)cc1Cl. The Balaban J connectivity index is 2.55. The molecular weight excluding hydrogens is 355 g/mol. The number of aryl methyl sites for hydroxylation is 1. The van der Waals surface area contributed by atoms with Crippen LogP contribution in [0.4, 0.5) is 0 Å². The Morgan fingerprint density at radius 2 is 2.19 bits per heavy atom. The maximum absolute atomic E-state index is 6.00. The van der Waals surface area contributed by atoms with E-state index >= 15 is 0 Å². The van der Waals surface area contributed by atoms with Gasteiger partial charge in [-0.1, -0.05) is 43.5 Å². The molecule has 1 aromatic carbocycles. The third-order valence-corrected chi connectivity index (χ3v) is 3.74. The fourth-order valence-electron chi connectivity index (χ4n) is 1.45. The number of benzene rings is 1. The second kappa shape index (κ2) is 4.90. The molecule has 0 N–H and O–H groups in total. The van der Waals surface area contributed by atoms with E-state index in [1.54, 1.807) is 4.68 Å². The van der Waals surface area contributed by atoms with Crippen LogP contribution in [0.15, 0.2) is 28.9 Å². The first-order valence-electron chi connectivity index (χ1n) is 4.68. The average molecular weight is 364 g/mol. The Morgan fingerprint density at radius 3 is 2.75 bits per heavy atom. The predicted molar refractivity (Wildman–Crippen MR) is 73.6 cm³/mol. The van der Waals surface area contributed by atoms with Crippen molar-refractivity contribution in [1.82, 2.24) is 9.78 Å². The highest BCUT2D eigenvalue weighted by Gasteiger charge is 2.08.